The maximum Gasteiger partial charge on any atom is 0.416 e. The van der Waals surface area contributed by atoms with E-state index in [0.717, 1.165) is 37.7 Å². The van der Waals surface area contributed by atoms with Crippen molar-refractivity contribution in [3.63, 3.8) is 0 Å². The normalized spacial score (nSPS) is 13.4. The minimum atomic E-state index is -4.74. The van der Waals surface area contributed by atoms with Crippen molar-refractivity contribution in [2.45, 2.75) is 19.0 Å². The Morgan fingerprint density at radius 1 is 0.977 bits per heavy atom. The van der Waals surface area contributed by atoms with Crippen LogP contribution in [0.4, 0.5) is 42.4 Å². The molecule has 2 N–H and O–H groups in total. The topological polar surface area (TPSA) is 131 Å². The van der Waals surface area contributed by atoms with Crippen LogP contribution in [0.1, 0.15) is 24.0 Å². The van der Waals surface area contributed by atoms with Gasteiger partial charge in [0.15, 0.2) is 5.75 Å². The van der Waals surface area contributed by atoms with Crippen molar-refractivity contribution >= 4 is 67.3 Å². The van der Waals surface area contributed by atoms with Crippen LogP contribution in [0, 0.1) is 10.1 Å². The molecular weight excluding hydrogens is 701 g/mol. The molecule has 0 spiro atoms. The van der Waals surface area contributed by atoms with Gasteiger partial charge in [0.2, 0.25) is 23.6 Å². The molecule has 43 heavy (non-hydrogen) atoms. The van der Waals surface area contributed by atoms with Gasteiger partial charge in [-0.05, 0) is 86.7 Å². The zero-order valence-electron chi connectivity index (χ0n) is 22.0. The number of hydrogen-bond donors (Lipinski definition) is 2. The maximum absolute atomic E-state index is 13.1. The fourth-order valence-corrected chi connectivity index (χ4v) is 5.51. The molecule has 0 atom stereocenters. The predicted molar refractivity (Wildman–Crippen MR) is 162 cm³/mol. The Morgan fingerprint density at radius 3 is 2.30 bits per heavy atom. The molecular formula is C27H21Br2F3N8O3. The van der Waals surface area contributed by atoms with E-state index in [2.05, 4.69) is 67.6 Å². The summed E-state index contributed by atoms with van der Waals surface area (Å²) in [5.74, 6) is 0.862. The van der Waals surface area contributed by atoms with E-state index in [1.807, 2.05) is 30.3 Å². The predicted octanol–water partition coefficient (Wildman–Crippen LogP) is 7.91. The highest BCUT2D eigenvalue weighted by Gasteiger charge is 2.33. The third-order valence-corrected chi connectivity index (χ3v) is 7.31. The van der Waals surface area contributed by atoms with Gasteiger partial charge in [-0.1, -0.05) is 18.2 Å². The molecule has 0 radical (unpaired) electrons. The molecule has 1 fully saturated rings. The van der Waals surface area contributed by atoms with E-state index in [0.29, 0.717) is 38.5 Å². The van der Waals surface area contributed by atoms with E-state index in [4.69, 9.17) is 4.74 Å². The molecule has 4 aromatic rings. The third-order valence-electron chi connectivity index (χ3n) is 6.14. The maximum atomic E-state index is 13.1. The summed E-state index contributed by atoms with van der Waals surface area (Å²) in [6.45, 7) is 1.67. The van der Waals surface area contributed by atoms with Gasteiger partial charge in [-0.2, -0.15) is 33.2 Å². The molecule has 3 aromatic carbocycles. The molecule has 222 valence electrons. The quantitative estimate of drug-likeness (QED) is 0.101. The number of hydrogen-bond acceptors (Lipinski definition) is 10. The molecule has 0 unspecified atom stereocenters. The highest BCUT2D eigenvalue weighted by Crippen LogP contribution is 2.42. The first-order valence-electron chi connectivity index (χ1n) is 12.7. The third kappa shape index (κ3) is 7.56. The number of nitro benzene ring substituents is 1. The lowest BCUT2D eigenvalue weighted by Gasteiger charge is -2.16. The Morgan fingerprint density at radius 2 is 1.65 bits per heavy atom. The monoisotopic (exact) mass is 720 g/mol. The van der Waals surface area contributed by atoms with Gasteiger partial charge in [0, 0.05) is 24.8 Å². The molecule has 0 aliphatic carbocycles. The van der Waals surface area contributed by atoms with E-state index in [1.165, 1.54) is 6.21 Å². The first-order chi connectivity index (χ1) is 20.6. The smallest absolute Gasteiger partial charge is 0.416 e. The summed E-state index contributed by atoms with van der Waals surface area (Å²) in [4.78, 5) is 26.1. The summed E-state index contributed by atoms with van der Waals surface area (Å²) >= 11 is 6.71. The number of benzene rings is 3. The summed E-state index contributed by atoms with van der Waals surface area (Å²) in [6, 6.07) is 14.8. The molecule has 5 rings (SSSR count). The molecule has 1 aromatic heterocycles. The Hall–Kier alpha value is -4.31. The summed E-state index contributed by atoms with van der Waals surface area (Å²) in [7, 11) is 0. The Balaban J connectivity index is 1.34. The Labute approximate surface area is 259 Å². The van der Waals surface area contributed by atoms with Crippen LogP contribution >= 0.6 is 31.9 Å². The number of nitro groups is 1. The first kappa shape index (κ1) is 30.2. The van der Waals surface area contributed by atoms with Crippen LogP contribution < -0.4 is 20.4 Å². The van der Waals surface area contributed by atoms with E-state index in [9.17, 15) is 23.3 Å². The second-order valence-electron chi connectivity index (χ2n) is 9.19. The second-order valence-corrected chi connectivity index (χ2v) is 10.9. The van der Waals surface area contributed by atoms with Crippen molar-refractivity contribution in [2.24, 2.45) is 5.10 Å². The molecule has 1 aliphatic heterocycles. The van der Waals surface area contributed by atoms with Crippen LogP contribution in [0.2, 0.25) is 0 Å². The number of anilines is 4. The SMILES string of the molecule is O=[N+]([O-])c1cc(C(F)(F)F)ccc1Oc1c(Br)cc(/C=N\Nc2nc(Nc3ccccc3)nc(N3CCCC3)n2)cc1Br. The Kier molecular flexibility index (Phi) is 9.05. The van der Waals surface area contributed by atoms with Gasteiger partial charge in [0.1, 0.15) is 0 Å². The van der Waals surface area contributed by atoms with E-state index < -0.39 is 22.4 Å². The minimum Gasteiger partial charge on any atom is -0.448 e. The summed E-state index contributed by atoms with van der Waals surface area (Å²) in [5, 5.41) is 18.9. The van der Waals surface area contributed by atoms with Gasteiger partial charge in [-0.3, -0.25) is 10.1 Å². The van der Waals surface area contributed by atoms with Crippen molar-refractivity contribution in [3.8, 4) is 11.5 Å². The first-order valence-corrected chi connectivity index (χ1v) is 14.3. The lowest BCUT2D eigenvalue weighted by atomic mass is 10.2. The van der Waals surface area contributed by atoms with Crippen molar-refractivity contribution in [1.82, 2.24) is 15.0 Å². The average Bonchev–Trinajstić information content (AvgIpc) is 3.50. The Bertz CT molecular complexity index is 1650. The zero-order chi connectivity index (χ0) is 30.6. The van der Waals surface area contributed by atoms with Crippen molar-refractivity contribution in [1.29, 1.82) is 0 Å². The van der Waals surface area contributed by atoms with E-state index in [1.54, 1.807) is 12.1 Å². The number of halogens is 5. The number of aromatic nitrogens is 3. The lowest BCUT2D eigenvalue weighted by molar-refractivity contribution is -0.385. The van der Waals surface area contributed by atoms with Crippen LogP contribution in [-0.4, -0.2) is 39.2 Å². The second kappa shape index (κ2) is 12.9. The summed E-state index contributed by atoms with van der Waals surface area (Å²) < 4.78 is 45.6. The number of alkyl halides is 3. The van der Waals surface area contributed by atoms with Crippen molar-refractivity contribution < 1.29 is 22.8 Å². The zero-order valence-corrected chi connectivity index (χ0v) is 25.1. The lowest BCUT2D eigenvalue weighted by Crippen LogP contribution is -2.21. The number of nitrogens with zero attached hydrogens (tertiary/aromatic N) is 6. The summed E-state index contributed by atoms with van der Waals surface area (Å²) in [6.07, 6.45) is -1.16. The fraction of sp³-hybridized carbons (Fsp3) is 0.185. The van der Waals surface area contributed by atoms with E-state index >= 15 is 0 Å². The molecule has 1 aliphatic rings. The van der Waals surface area contributed by atoms with Crippen LogP contribution in [0.5, 0.6) is 11.5 Å². The number of ether oxygens (including phenoxy) is 1. The molecule has 11 nitrogen and oxygen atoms in total. The number of para-hydroxylation sites is 1. The van der Waals surface area contributed by atoms with Gasteiger partial charge >= 0.3 is 11.9 Å². The van der Waals surface area contributed by atoms with Crippen LogP contribution in [0.3, 0.4) is 0 Å². The highest BCUT2D eigenvalue weighted by molar-refractivity contribution is 9.11. The van der Waals surface area contributed by atoms with Crippen LogP contribution in [0.25, 0.3) is 0 Å². The van der Waals surface area contributed by atoms with Crippen molar-refractivity contribution in [3.05, 3.63) is 90.9 Å². The molecule has 16 heteroatoms. The molecule has 0 bridgehead atoms. The average molecular weight is 722 g/mol. The number of hydrazone groups is 1. The van der Waals surface area contributed by atoms with Gasteiger partial charge in [-0.15, -0.1) is 0 Å². The van der Waals surface area contributed by atoms with Crippen LogP contribution in [0.15, 0.2) is 74.7 Å². The molecule has 2 heterocycles. The fourth-order valence-electron chi connectivity index (χ4n) is 4.13. The molecule has 0 amide bonds. The van der Waals surface area contributed by atoms with Gasteiger partial charge in [0.05, 0.1) is 25.6 Å². The number of rotatable bonds is 9. The van der Waals surface area contributed by atoms with Crippen LogP contribution in [-0.2, 0) is 6.18 Å². The van der Waals surface area contributed by atoms with E-state index in [-0.39, 0.29) is 17.4 Å². The largest absolute Gasteiger partial charge is 0.448 e. The molecule has 0 saturated carbocycles. The van der Waals surface area contributed by atoms with Gasteiger partial charge in [0.25, 0.3) is 0 Å². The van der Waals surface area contributed by atoms with Crippen molar-refractivity contribution in [2.75, 3.05) is 28.7 Å². The highest BCUT2D eigenvalue weighted by atomic mass is 79.9. The number of nitrogens with one attached hydrogen (secondary N) is 2. The van der Waals surface area contributed by atoms with Gasteiger partial charge in [-0.25, -0.2) is 5.43 Å². The van der Waals surface area contributed by atoms with Gasteiger partial charge < -0.3 is 15.0 Å². The summed E-state index contributed by atoms with van der Waals surface area (Å²) in [5.41, 5.74) is 2.24. The minimum absolute atomic E-state index is 0.123. The standard InChI is InChI=1S/C27H21Br2F3N8O3/c28-19-12-16(13-20(29)23(19)43-22-9-8-17(27(30,31)32)14-21(22)40(41)42)15-33-38-25-35-24(34-18-6-2-1-3-7-18)36-26(37-25)39-10-4-5-11-39/h1-3,6-9,12-15H,4-5,10-11H2,(H2,34,35,36,37,38)/b33-15-. The molecule has 1 saturated heterocycles.